The maximum Gasteiger partial charge on any atom is 0.251 e. The summed E-state index contributed by atoms with van der Waals surface area (Å²) in [5.74, 6) is 0. The zero-order valence-electron chi connectivity index (χ0n) is 14.8. The monoisotopic (exact) mass is 321 g/mol. The summed E-state index contributed by atoms with van der Waals surface area (Å²) in [7, 11) is 4.17. The lowest BCUT2D eigenvalue weighted by Gasteiger charge is -2.39. The largest absolute Gasteiger partial charge is 0.373 e. The second-order valence-electron chi connectivity index (χ2n) is 7.06. The van der Waals surface area contributed by atoms with Crippen LogP contribution in [0.4, 0.5) is 8.78 Å². The predicted octanol–water partition coefficient (Wildman–Crippen LogP) is 2.00. The molecule has 2 saturated heterocycles. The molecule has 0 N–H and O–H groups in total. The maximum atomic E-state index is 12.2. The Balaban J connectivity index is 0.000000235. The van der Waals surface area contributed by atoms with Crippen molar-refractivity contribution < 1.29 is 13.5 Å². The van der Waals surface area contributed by atoms with Gasteiger partial charge in [0.15, 0.2) is 0 Å². The molecule has 2 rings (SSSR count). The number of ether oxygens (including phenoxy) is 1. The van der Waals surface area contributed by atoms with Gasteiger partial charge >= 0.3 is 0 Å². The van der Waals surface area contributed by atoms with Gasteiger partial charge in [-0.25, -0.2) is 8.78 Å². The fourth-order valence-electron chi connectivity index (χ4n) is 3.11. The van der Waals surface area contributed by atoms with Crippen molar-refractivity contribution in [3.63, 3.8) is 0 Å². The molecular formula is C16H33F2N3O. The summed E-state index contributed by atoms with van der Waals surface area (Å²) in [6, 6.07) is 0.313. The SMILES string of the molecule is CCC1CN(C)CCN1CC(F)F.CN1CCOC(C)(C)C1. The second-order valence-corrected chi connectivity index (χ2v) is 7.06. The third-order valence-electron chi connectivity index (χ3n) is 4.27. The summed E-state index contributed by atoms with van der Waals surface area (Å²) in [6.45, 7) is 11.9. The van der Waals surface area contributed by atoms with Crippen molar-refractivity contribution in [2.45, 2.75) is 45.3 Å². The first-order valence-corrected chi connectivity index (χ1v) is 8.26. The van der Waals surface area contributed by atoms with Gasteiger partial charge in [-0.15, -0.1) is 0 Å². The van der Waals surface area contributed by atoms with Crippen LogP contribution in [-0.4, -0.2) is 92.7 Å². The van der Waals surface area contributed by atoms with Crippen LogP contribution >= 0.6 is 0 Å². The molecule has 1 unspecified atom stereocenters. The van der Waals surface area contributed by atoms with Crippen LogP contribution in [0.15, 0.2) is 0 Å². The summed E-state index contributed by atoms with van der Waals surface area (Å²) < 4.78 is 29.8. The molecule has 132 valence electrons. The first kappa shape index (κ1) is 19.7. The fraction of sp³-hybridized carbons (Fsp3) is 1.00. The number of morpholine rings is 1. The Bertz CT molecular complexity index is 316. The summed E-state index contributed by atoms with van der Waals surface area (Å²) >= 11 is 0. The van der Waals surface area contributed by atoms with E-state index in [1.807, 2.05) is 11.9 Å². The van der Waals surface area contributed by atoms with Crippen molar-refractivity contribution in [2.24, 2.45) is 0 Å². The average Bonchev–Trinajstić information content (AvgIpc) is 2.39. The molecule has 2 heterocycles. The minimum atomic E-state index is -2.20. The molecule has 0 aromatic carbocycles. The molecule has 6 heteroatoms. The zero-order chi connectivity index (χ0) is 16.8. The standard InChI is InChI=1S/C9H18F2N2.C7H15NO/c1-3-8-6-12(2)4-5-13(8)7-9(10)11;1-7(2)6-8(3)4-5-9-7/h8-9H,3-7H2,1-2H3;4-6H2,1-3H3. The fourth-order valence-corrected chi connectivity index (χ4v) is 3.11. The van der Waals surface area contributed by atoms with E-state index in [1.54, 1.807) is 0 Å². The Hall–Kier alpha value is -0.300. The Morgan fingerprint density at radius 2 is 1.82 bits per heavy atom. The summed E-state index contributed by atoms with van der Waals surface area (Å²) in [5, 5.41) is 0. The number of likely N-dealkylation sites (N-methyl/N-ethyl adjacent to an activating group) is 2. The van der Waals surface area contributed by atoms with E-state index in [0.717, 1.165) is 45.8 Å². The van der Waals surface area contributed by atoms with Gasteiger partial charge in [0.25, 0.3) is 6.43 Å². The highest BCUT2D eigenvalue weighted by Crippen LogP contribution is 2.14. The molecule has 1 atom stereocenters. The van der Waals surface area contributed by atoms with E-state index in [0.29, 0.717) is 6.04 Å². The van der Waals surface area contributed by atoms with Crippen LogP contribution in [0.3, 0.4) is 0 Å². The first-order valence-electron chi connectivity index (χ1n) is 8.26. The Morgan fingerprint density at radius 1 is 1.14 bits per heavy atom. The quantitative estimate of drug-likeness (QED) is 0.791. The normalized spacial score (nSPS) is 27.5. The van der Waals surface area contributed by atoms with E-state index in [2.05, 4.69) is 37.6 Å². The van der Waals surface area contributed by atoms with Gasteiger partial charge in [0.2, 0.25) is 0 Å². The average molecular weight is 321 g/mol. The Morgan fingerprint density at radius 3 is 2.27 bits per heavy atom. The summed E-state index contributed by atoms with van der Waals surface area (Å²) in [4.78, 5) is 6.41. The van der Waals surface area contributed by atoms with E-state index in [4.69, 9.17) is 4.74 Å². The van der Waals surface area contributed by atoms with Crippen molar-refractivity contribution in [3.05, 3.63) is 0 Å². The number of rotatable bonds is 3. The van der Waals surface area contributed by atoms with Gasteiger partial charge < -0.3 is 14.5 Å². The van der Waals surface area contributed by atoms with Gasteiger partial charge in [0.1, 0.15) is 0 Å². The molecule has 0 bridgehead atoms. The molecule has 2 fully saturated rings. The highest BCUT2D eigenvalue weighted by molar-refractivity contribution is 4.80. The minimum absolute atomic E-state index is 0.0631. The van der Waals surface area contributed by atoms with Gasteiger partial charge in [-0.1, -0.05) is 6.92 Å². The molecule has 0 aromatic rings. The van der Waals surface area contributed by atoms with Crippen molar-refractivity contribution >= 4 is 0 Å². The second kappa shape index (κ2) is 9.11. The third-order valence-corrected chi connectivity index (χ3v) is 4.27. The first-order chi connectivity index (χ1) is 10.2. The zero-order valence-corrected chi connectivity index (χ0v) is 14.8. The van der Waals surface area contributed by atoms with Crippen molar-refractivity contribution in [2.75, 3.05) is 60.0 Å². The Kier molecular flexibility index (Phi) is 8.17. The topological polar surface area (TPSA) is 19.0 Å². The maximum absolute atomic E-state index is 12.2. The molecule has 4 nitrogen and oxygen atoms in total. The van der Waals surface area contributed by atoms with Gasteiger partial charge in [0, 0.05) is 38.8 Å². The molecule has 0 aromatic heterocycles. The number of hydrogen-bond acceptors (Lipinski definition) is 4. The van der Waals surface area contributed by atoms with E-state index in [1.165, 1.54) is 0 Å². The number of halogens is 2. The molecule has 2 aliphatic rings. The summed E-state index contributed by atoms with van der Waals surface area (Å²) in [5.41, 5.74) is 0.0764. The molecule has 0 aliphatic carbocycles. The van der Waals surface area contributed by atoms with Crippen LogP contribution in [0.25, 0.3) is 0 Å². The van der Waals surface area contributed by atoms with Crippen LogP contribution in [0.1, 0.15) is 27.2 Å². The highest BCUT2D eigenvalue weighted by atomic mass is 19.3. The molecule has 0 radical (unpaired) electrons. The lowest BCUT2D eigenvalue weighted by Crippen LogP contribution is -2.52. The van der Waals surface area contributed by atoms with Gasteiger partial charge in [0.05, 0.1) is 18.8 Å². The lowest BCUT2D eigenvalue weighted by molar-refractivity contribution is -0.0789. The van der Waals surface area contributed by atoms with Gasteiger partial charge in [-0.05, 0) is 34.4 Å². The van der Waals surface area contributed by atoms with Gasteiger partial charge in [-0.2, -0.15) is 0 Å². The third kappa shape index (κ3) is 7.31. The molecule has 22 heavy (non-hydrogen) atoms. The molecular weight excluding hydrogens is 288 g/mol. The van der Waals surface area contributed by atoms with Crippen LogP contribution in [0, 0.1) is 0 Å². The number of alkyl halides is 2. The molecule has 0 amide bonds. The van der Waals surface area contributed by atoms with Crippen LogP contribution in [0.2, 0.25) is 0 Å². The molecule has 0 spiro atoms. The molecule has 2 aliphatic heterocycles. The number of hydrogen-bond donors (Lipinski definition) is 0. The van der Waals surface area contributed by atoms with Crippen LogP contribution in [0.5, 0.6) is 0 Å². The van der Waals surface area contributed by atoms with Crippen molar-refractivity contribution in [1.29, 1.82) is 0 Å². The van der Waals surface area contributed by atoms with Crippen molar-refractivity contribution in [1.82, 2.24) is 14.7 Å². The van der Waals surface area contributed by atoms with E-state index in [9.17, 15) is 8.78 Å². The Labute approximate surface area is 134 Å². The minimum Gasteiger partial charge on any atom is -0.373 e. The van der Waals surface area contributed by atoms with E-state index in [-0.39, 0.29) is 12.1 Å². The van der Waals surface area contributed by atoms with Gasteiger partial charge in [-0.3, -0.25) is 4.90 Å². The molecule has 0 saturated carbocycles. The smallest absolute Gasteiger partial charge is 0.251 e. The van der Waals surface area contributed by atoms with Crippen LogP contribution in [-0.2, 0) is 4.74 Å². The van der Waals surface area contributed by atoms with E-state index >= 15 is 0 Å². The number of nitrogens with zero attached hydrogens (tertiary/aromatic N) is 3. The predicted molar refractivity (Wildman–Crippen MR) is 86.7 cm³/mol. The lowest BCUT2D eigenvalue weighted by atomic mass is 10.1. The van der Waals surface area contributed by atoms with Crippen LogP contribution < -0.4 is 0 Å². The summed E-state index contributed by atoms with van der Waals surface area (Å²) in [6.07, 6.45) is -1.24. The highest BCUT2D eigenvalue weighted by Gasteiger charge is 2.25. The van der Waals surface area contributed by atoms with E-state index < -0.39 is 6.43 Å². The number of piperazine rings is 1. The van der Waals surface area contributed by atoms with Crippen molar-refractivity contribution in [3.8, 4) is 0 Å².